The Morgan fingerprint density at radius 2 is 1.84 bits per heavy atom. The molecule has 2 rings (SSSR count). The Hall–Kier alpha value is -1.94. The first-order chi connectivity index (χ1) is 9.13. The molecule has 0 spiro atoms. The Bertz CT molecular complexity index is 570. The molecule has 2 aromatic carbocycles. The molecule has 0 saturated carbocycles. The normalized spacial score (nSPS) is 10.5. The molecule has 2 aromatic rings. The molecule has 4 heteroatoms. The summed E-state index contributed by atoms with van der Waals surface area (Å²) < 4.78 is 27.1. The minimum Gasteiger partial charge on any atom is -0.344 e. The van der Waals surface area contributed by atoms with E-state index < -0.39 is 0 Å². The first-order valence-corrected chi connectivity index (χ1v) is 6.10. The van der Waals surface area contributed by atoms with Crippen LogP contribution in [0.1, 0.15) is 5.56 Å². The van der Waals surface area contributed by atoms with Gasteiger partial charge in [-0.05, 0) is 43.3 Å². The summed E-state index contributed by atoms with van der Waals surface area (Å²) in [5, 5.41) is 0. The smallest absolute Gasteiger partial charge is 0.128 e. The standard InChI is InChI=1S/C15H16F2N2/c1-19(12-5-2-4-11(16)10-12)15-7-3-6-14(17)13(15)8-9-18/h2-7,10H,8-9,18H2,1H3. The number of nitrogens with two attached hydrogens (primary N) is 1. The van der Waals surface area contributed by atoms with Crippen LogP contribution in [0.5, 0.6) is 0 Å². The molecule has 0 saturated heterocycles. The predicted molar refractivity (Wildman–Crippen MR) is 73.6 cm³/mol. The third-order valence-corrected chi connectivity index (χ3v) is 3.05. The SMILES string of the molecule is CN(c1cccc(F)c1)c1cccc(F)c1CCN. The number of nitrogens with zero attached hydrogens (tertiary/aromatic N) is 1. The number of hydrogen-bond acceptors (Lipinski definition) is 2. The largest absolute Gasteiger partial charge is 0.344 e. The van der Waals surface area contributed by atoms with Crippen molar-refractivity contribution < 1.29 is 8.78 Å². The van der Waals surface area contributed by atoms with Crippen LogP contribution in [0.2, 0.25) is 0 Å². The maximum atomic E-state index is 13.8. The summed E-state index contributed by atoms with van der Waals surface area (Å²) in [5.41, 5.74) is 7.44. The van der Waals surface area contributed by atoms with E-state index in [1.54, 1.807) is 36.2 Å². The number of hydrogen-bond donors (Lipinski definition) is 1. The van der Waals surface area contributed by atoms with Gasteiger partial charge in [0, 0.05) is 24.0 Å². The van der Waals surface area contributed by atoms with Gasteiger partial charge in [0.1, 0.15) is 11.6 Å². The van der Waals surface area contributed by atoms with Gasteiger partial charge in [0.25, 0.3) is 0 Å². The monoisotopic (exact) mass is 262 g/mol. The van der Waals surface area contributed by atoms with E-state index >= 15 is 0 Å². The summed E-state index contributed by atoms with van der Waals surface area (Å²) >= 11 is 0. The van der Waals surface area contributed by atoms with Crippen molar-refractivity contribution in [2.75, 3.05) is 18.5 Å². The van der Waals surface area contributed by atoms with E-state index in [0.29, 0.717) is 29.9 Å². The van der Waals surface area contributed by atoms with Crippen molar-refractivity contribution in [2.45, 2.75) is 6.42 Å². The minimum absolute atomic E-state index is 0.286. The molecular weight excluding hydrogens is 246 g/mol. The minimum atomic E-state index is -0.318. The van der Waals surface area contributed by atoms with Gasteiger partial charge in [-0.2, -0.15) is 0 Å². The van der Waals surface area contributed by atoms with Gasteiger partial charge in [0.05, 0.1) is 0 Å². The second kappa shape index (κ2) is 5.80. The molecule has 2 N–H and O–H groups in total. The summed E-state index contributed by atoms with van der Waals surface area (Å²) in [6, 6.07) is 11.1. The molecule has 100 valence electrons. The lowest BCUT2D eigenvalue weighted by Crippen LogP contribution is -2.15. The second-order valence-corrected chi connectivity index (χ2v) is 4.32. The highest BCUT2D eigenvalue weighted by Gasteiger charge is 2.13. The van der Waals surface area contributed by atoms with Crippen LogP contribution in [0.4, 0.5) is 20.2 Å². The quantitative estimate of drug-likeness (QED) is 0.916. The zero-order valence-electron chi connectivity index (χ0n) is 10.7. The Balaban J connectivity index is 2.43. The van der Waals surface area contributed by atoms with E-state index in [1.807, 2.05) is 0 Å². The number of rotatable bonds is 4. The fourth-order valence-electron chi connectivity index (χ4n) is 2.08. The van der Waals surface area contributed by atoms with Crippen LogP contribution in [-0.2, 0) is 6.42 Å². The van der Waals surface area contributed by atoms with E-state index in [0.717, 1.165) is 0 Å². The molecule has 0 aromatic heterocycles. The highest BCUT2D eigenvalue weighted by atomic mass is 19.1. The molecule has 0 amide bonds. The fraction of sp³-hybridized carbons (Fsp3) is 0.200. The average Bonchev–Trinajstić information content (AvgIpc) is 2.40. The van der Waals surface area contributed by atoms with Gasteiger partial charge in [0.15, 0.2) is 0 Å². The molecule has 0 fully saturated rings. The van der Waals surface area contributed by atoms with Crippen LogP contribution in [0.15, 0.2) is 42.5 Å². The van der Waals surface area contributed by atoms with Gasteiger partial charge in [-0.3, -0.25) is 0 Å². The first kappa shape index (κ1) is 13.5. The topological polar surface area (TPSA) is 29.3 Å². The molecule has 19 heavy (non-hydrogen) atoms. The van der Waals surface area contributed by atoms with Crippen LogP contribution >= 0.6 is 0 Å². The maximum absolute atomic E-state index is 13.8. The zero-order chi connectivity index (χ0) is 13.8. The molecule has 0 atom stereocenters. The molecule has 0 aliphatic rings. The van der Waals surface area contributed by atoms with E-state index in [2.05, 4.69) is 0 Å². The van der Waals surface area contributed by atoms with Gasteiger partial charge in [-0.25, -0.2) is 8.78 Å². The number of benzene rings is 2. The van der Waals surface area contributed by atoms with Crippen LogP contribution in [0.25, 0.3) is 0 Å². The highest BCUT2D eigenvalue weighted by molar-refractivity contribution is 5.66. The molecule has 0 radical (unpaired) electrons. The van der Waals surface area contributed by atoms with E-state index in [4.69, 9.17) is 5.73 Å². The average molecular weight is 262 g/mol. The van der Waals surface area contributed by atoms with Gasteiger partial charge < -0.3 is 10.6 Å². The van der Waals surface area contributed by atoms with Crippen LogP contribution in [-0.4, -0.2) is 13.6 Å². The molecule has 2 nitrogen and oxygen atoms in total. The fourth-order valence-corrected chi connectivity index (χ4v) is 2.08. The van der Waals surface area contributed by atoms with E-state index in [-0.39, 0.29) is 11.6 Å². The molecule has 0 heterocycles. The van der Waals surface area contributed by atoms with Gasteiger partial charge in [-0.1, -0.05) is 12.1 Å². The first-order valence-electron chi connectivity index (χ1n) is 6.10. The number of anilines is 2. The molecule has 0 aliphatic heterocycles. The second-order valence-electron chi connectivity index (χ2n) is 4.32. The highest BCUT2D eigenvalue weighted by Crippen LogP contribution is 2.29. The van der Waals surface area contributed by atoms with Crippen molar-refractivity contribution in [3.63, 3.8) is 0 Å². The van der Waals surface area contributed by atoms with Crippen molar-refractivity contribution in [1.29, 1.82) is 0 Å². The Kier molecular flexibility index (Phi) is 4.12. The number of halogens is 2. The van der Waals surface area contributed by atoms with Crippen molar-refractivity contribution in [3.8, 4) is 0 Å². The van der Waals surface area contributed by atoms with Gasteiger partial charge in [0.2, 0.25) is 0 Å². The molecule has 0 unspecified atom stereocenters. The summed E-state index contributed by atoms with van der Waals surface area (Å²) in [6.07, 6.45) is 0.446. The van der Waals surface area contributed by atoms with Crippen molar-refractivity contribution in [2.24, 2.45) is 5.73 Å². The van der Waals surface area contributed by atoms with Crippen LogP contribution in [0.3, 0.4) is 0 Å². The Morgan fingerprint density at radius 1 is 1.11 bits per heavy atom. The summed E-state index contributed by atoms with van der Waals surface area (Å²) in [5.74, 6) is -0.604. The maximum Gasteiger partial charge on any atom is 0.128 e. The van der Waals surface area contributed by atoms with Crippen molar-refractivity contribution in [3.05, 3.63) is 59.7 Å². The van der Waals surface area contributed by atoms with Crippen LogP contribution < -0.4 is 10.6 Å². The van der Waals surface area contributed by atoms with Gasteiger partial charge in [-0.15, -0.1) is 0 Å². The lowest BCUT2D eigenvalue weighted by atomic mass is 10.1. The molecular formula is C15H16F2N2. The lowest BCUT2D eigenvalue weighted by Gasteiger charge is -2.23. The molecule has 0 aliphatic carbocycles. The van der Waals surface area contributed by atoms with Crippen molar-refractivity contribution >= 4 is 11.4 Å². The van der Waals surface area contributed by atoms with Gasteiger partial charge >= 0.3 is 0 Å². The van der Waals surface area contributed by atoms with E-state index in [9.17, 15) is 8.78 Å². The third kappa shape index (κ3) is 2.90. The zero-order valence-corrected chi connectivity index (χ0v) is 10.7. The summed E-state index contributed by atoms with van der Waals surface area (Å²) in [4.78, 5) is 1.76. The predicted octanol–water partition coefficient (Wildman–Crippen LogP) is 3.23. The van der Waals surface area contributed by atoms with Crippen LogP contribution in [0, 0.1) is 11.6 Å². The van der Waals surface area contributed by atoms with Crippen molar-refractivity contribution in [1.82, 2.24) is 0 Å². The Labute approximate surface area is 111 Å². The summed E-state index contributed by atoms with van der Waals surface area (Å²) in [7, 11) is 1.78. The summed E-state index contributed by atoms with van der Waals surface area (Å²) in [6.45, 7) is 0.366. The molecule has 0 bridgehead atoms. The lowest BCUT2D eigenvalue weighted by molar-refractivity contribution is 0.609. The third-order valence-electron chi connectivity index (χ3n) is 3.05. The van der Waals surface area contributed by atoms with E-state index in [1.165, 1.54) is 18.2 Å². The Morgan fingerprint density at radius 3 is 2.53 bits per heavy atom.